The molecule has 0 spiro atoms. The molecular formula is C16H22N2O2. The predicted octanol–water partition coefficient (Wildman–Crippen LogP) is 1.48. The van der Waals surface area contributed by atoms with Crippen molar-refractivity contribution in [2.24, 2.45) is 0 Å². The molecule has 0 radical (unpaired) electrons. The van der Waals surface area contributed by atoms with Crippen molar-refractivity contribution in [2.75, 3.05) is 13.1 Å². The average molecular weight is 274 g/mol. The summed E-state index contributed by atoms with van der Waals surface area (Å²) in [4.78, 5) is 12.3. The summed E-state index contributed by atoms with van der Waals surface area (Å²) in [5.41, 5.74) is 3.62. The first-order valence-electron chi connectivity index (χ1n) is 7.41. The van der Waals surface area contributed by atoms with E-state index in [2.05, 4.69) is 30.5 Å². The van der Waals surface area contributed by atoms with Gasteiger partial charge in [-0.25, -0.2) is 0 Å². The molecule has 0 bridgehead atoms. The van der Waals surface area contributed by atoms with Crippen LogP contribution >= 0.6 is 0 Å². The van der Waals surface area contributed by atoms with E-state index in [1.807, 2.05) is 6.07 Å². The lowest BCUT2D eigenvalue weighted by molar-refractivity contribution is -0.128. The van der Waals surface area contributed by atoms with E-state index >= 15 is 0 Å². The second kappa shape index (κ2) is 5.44. The van der Waals surface area contributed by atoms with Crippen molar-refractivity contribution >= 4 is 5.91 Å². The fourth-order valence-electron chi connectivity index (χ4n) is 2.92. The highest BCUT2D eigenvalue weighted by molar-refractivity contribution is 5.82. The summed E-state index contributed by atoms with van der Waals surface area (Å²) in [6, 6.07) is 4.48. The van der Waals surface area contributed by atoms with E-state index < -0.39 is 0 Å². The highest BCUT2D eigenvalue weighted by Gasteiger charge is 2.30. The number of piperidine rings is 1. The molecule has 4 heteroatoms. The molecule has 20 heavy (non-hydrogen) atoms. The van der Waals surface area contributed by atoms with Gasteiger partial charge in [0.2, 0.25) is 0 Å². The third kappa shape index (κ3) is 2.66. The standard InChI is InChI=1S/C16H22N2O2/c1-10-7-12-9-15(20-14(12)8-11(10)2)16(19)18-13-3-5-17-6-4-13/h7-8,13,15,17H,3-6,9H2,1-2H3,(H,18,19). The van der Waals surface area contributed by atoms with Crippen molar-refractivity contribution < 1.29 is 9.53 Å². The predicted molar refractivity (Wildman–Crippen MR) is 78.1 cm³/mol. The topological polar surface area (TPSA) is 50.4 Å². The molecule has 1 amide bonds. The Labute approximate surface area is 119 Å². The summed E-state index contributed by atoms with van der Waals surface area (Å²) in [7, 11) is 0. The monoisotopic (exact) mass is 274 g/mol. The second-order valence-electron chi connectivity index (χ2n) is 5.89. The van der Waals surface area contributed by atoms with E-state index in [0.717, 1.165) is 37.2 Å². The van der Waals surface area contributed by atoms with Crippen LogP contribution in [-0.4, -0.2) is 31.1 Å². The second-order valence-corrected chi connectivity index (χ2v) is 5.89. The van der Waals surface area contributed by atoms with Crippen molar-refractivity contribution in [2.45, 2.75) is 45.3 Å². The average Bonchev–Trinajstić information content (AvgIpc) is 2.83. The van der Waals surface area contributed by atoms with Gasteiger partial charge in [-0.1, -0.05) is 6.07 Å². The zero-order valence-corrected chi connectivity index (χ0v) is 12.2. The van der Waals surface area contributed by atoms with Gasteiger partial charge in [0.05, 0.1) is 0 Å². The number of nitrogens with one attached hydrogen (secondary N) is 2. The van der Waals surface area contributed by atoms with Crippen LogP contribution in [0.4, 0.5) is 0 Å². The SMILES string of the molecule is Cc1cc2c(cc1C)OC(C(=O)NC1CCNCC1)C2. The Morgan fingerprint density at radius 2 is 1.95 bits per heavy atom. The molecule has 2 aliphatic heterocycles. The maximum Gasteiger partial charge on any atom is 0.261 e. The molecule has 1 fully saturated rings. The largest absolute Gasteiger partial charge is 0.480 e. The number of aryl methyl sites for hydroxylation is 2. The lowest BCUT2D eigenvalue weighted by Gasteiger charge is -2.24. The van der Waals surface area contributed by atoms with Gasteiger partial charge in [-0.05, 0) is 62.5 Å². The van der Waals surface area contributed by atoms with Gasteiger partial charge in [-0.15, -0.1) is 0 Å². The van der Waals surface area contributed by atoms with Crippen LogP contribution in [0.15, 0.2) is 12.1 Å². The molecule has 108 valence electrons. The van der Waals surface area contributed by atoms with E-state index in [-0.39, 0.29) is 12.0 Å². The van der Waals surface area contributed by atoms with Crippen molar-refractivity contribution in [3.8, 4) is 5.75 Å². The first-order chi connectivity index (χ1) is 9.63. The molecule has 0 saturated carbocycles. The quantitative estimate of drug-likeness (QED) is 0.859. The first kappa shape index (κ1) is 13.4. The fraction of sp³-hybridized carbons (Fsp3) is 0.562. The Morgan fingerprint density at radius 3 is 2.70 bits per heavy atom. The van der Waals surface area contributed by atoms with Crippen LogP contribution in [0.25, 0.3) is 0 Å². The van der Waals surface area contributed by atoms with Crippen LogP contribution in [0.3, 0.4) is 0 Å². The number of benzene rings is 1. The molecule has 1 saturated heterocycles. The van der Waals surface area contributed by atoms with Crippen LogP contribution in [0.1, 0.15) is 29.5 Å². The summed E-state index contributed by atoms with van der Waals surface area (Å²) < 4.78 is 5.82. The minimum atomic E-state index is -0.360. The van der Waals surface area contributed by atoms with E-state index in [1.165, 1.54) is 11.1 Å². The smallest absolute Gasteiger partial charge is 0.261 e. The molecule has 2 N–H and O–H groups in total. The Morgan fingerprint density at radius 1 is 1.25 bits per heavy atom. The number of rotatable bonds is 2. The van der Waals surface area contributed by atoms with Gasteiger partial charge in [-0.2, -0.15) is 0 Å². The summed E-state index contributed by atoms with van der Waals surface area (Å²) in [5, 5.41) is 6.42. The highest BCUT2D eigenvalue weighted by Crippen LogP contribution is 2.31. The minimum absolute atomic E-state index is 0.0309. The van der Waals surface area contributed by atoms with Crippen LogP contribution in [0.2, 0.25) is 0 Å². The van der Waals surface area contributed by atoms with Gasteiger partial charge in [0.25, 0.3) is 5.91 Å². The lowest BCUT2D eigenvalue weighted by Crippen LogP contribution is -2.47. The number of hydrogen-bond donors (Lipinski definition) is 2. The minimum Gasteiger partial charge on any atom is -0.480 e. The summed E-state index contributed by atoms with van der Waals surface area (Å²) >= 11 is 0. The molecule has 1 atom stereocenters. The molecular weight excluding hydrogens is 252 g/mol. The van der Waals surface area contributed by atoms with Crippen LogP contribution in [-0.2, 0) is 11.2 Å². The van der Waals surface area contributed by atoms with Gasteiger partial charge in [0, 0.05) is 12.5 Å². The Bertz CT molecular complexity index is 490. The number of ether oxygens (including phenoxy) is 1. The molecule has 2 heterocycles. The van der Waals surface area contributed by atoms with E-state index in [9.17, 15) is 4.79 Å². The summed E-state index contributed by atoms with van der Waals surface area (Å²) in [5.74, 6) is 0.905. The maximum absolute atomic E-state index is 12.3. The van der Waals surface area contributed by atoms with E-state index in [0.29, 0.717) is 12.5 Å². The van der Waals surface area contributed by atoms with Gasteiger partial charge >= 0.3 is 0 Å². The fourth-order valence-corrected chi connectivity index (χ4v) is 2.92. The number of carbonyl (C=O) groups is 1. The zero-order chi connectivity index (χ0) is 14.1. The third-order valence-corrected chi connectivity index (χ3v) is 4.33. The molecule has 0 aliphatic carbocycles. The van der Waals surface area contributed by atoms with E-state index in [1.54, 1.807) is 0 Å². The third-order valence-electron chi connectivity index (χ3n) is 4.33. The summed E-state index contributed by atoms with van der Waals surface area (Å²) in [6.07, 6.45) is 2.33. The zero-order valence-electron chi connectivity index (χ0n) is 12.2. The highest BCUT2D eigenvalue weighted by atomic mass is 16.5. The van der Waals surface area contributed by atoms with Crippen molar-refractivity contribution in [3.05, 3.63) is 28.8 Å². The molecule has 1 aromatic carbocycles. The van der Waals surface area contributed by atoms with Gasteiger partial charge in [-0.3, -0.25) is 4.79 Å². The van der Waals surface area contributed by atoms with Crippen LogP contribution in [0, 0.1) is 13.8 Å². The van der Waals surface area contributed by atoms with Crippen LogP contribution < -0.4 is 15.4 Å². The van der Waals surface area contributed by atoms with E-state index in [4.69, 9.17) is 4.74 Å². The Hall–Kier alpha value is -1.55. The van der Waals surface area contributed by atoms with Crippen LogP contribution in [0.5, 0.6) is 5.75 Å². The molecule has 4 nitrogen and oxygen atoms in total. The normalized spacial score (nSPS) is 22.2. The van der Waals surface area contributed by atoms with Crippen molar-refractivity contribution in [1.82, 2.24) is 10.6 Å². The van der Waals surface area contributed by atoms with Gasteiger partial charge < -0.3 is 15.4 Å². The maximum atomic E-state index is 12.3. The van der Waals surface area contributed by atoms with Gasteiger partial charge in [0.1, 0.15) is 5.75 Å². The number of carbonyl (C=O) groups excluding carboxylic acids is 1. The van der Waals surface area contributed by atoms with Crippen molar-refractivity contribution in [3.63, 3.8) is 0 Å². The first-order valence-corrected chi connectivity index (χ1v) is 7.41. The number of hydrogen-bond acceptors (Lipinski definition) is 3. The number of fused-ring (bicyclic) bond motifs is 1. The Balaban J connectivity index is 1.64. The van der Waals surface area contributed by atoms with Crippen molar-refractivity contribution in [1.29, 1.82) is 0 Å². The van der Waals surface area contributed by atoms with Gasteiger partial charge in [0.15, 0.2) is 6.10 Å². The molecule has 1 unspecified atom stereocenters. The molecule has 0 aromatic heterocycles. The number of amides is 1. The molecule has 3 rings (SSSR count). The lowest BCUT2D eigenvalue weighted by atomic mass is 10.0. The summed E-state index contributed by atoms with van der Waals surface area (Å²) in [6.45, 7) is 6.13. The molecule has 1 aromatic rings. The molecule has 2 aliphatic rings. The Kier molecular flexibility index (Phi) is 3.66.